The van der Waals surface area contributed by atoms with Gasteiger partial charge in [-0.15, -0.1) is 0 Å². The van der Waals surface area contributed by atoms with Crippen molar-refractivity contribution in [2.45, 2.75) is 32.6 Å². The molecule has 16 heavy (non-hydrogen) atoms. The molecule has 0 spiro atoms. The van der Waals surface area contributed by atoms with Gasteiger partial charge in [0.15, 0.2) is 0 Å². The summed E-state index contributed by atoms with van der Waals surface area (Å²) in [6.07, 6.45) is -2.27. The standard InChI is InChI=1S/C8H18BNO5S/c1-6(2)3-4-10-8(12)7(11)5-16(14,15)9-13/h6-8,10-12H,3-5H2,1-2H3. The Morgan fingerprint density at radius 1 is 1.31 bits per heavy atom. The van der Waals surface area contributed by atoms with Gasteiger partial charge in [-0.2, -0.15) is 0 Å². The Morgan fingerprint density at radius 3 is 2.31 bits per heavy atom. The molecule has 0 aromatic carbocycles. The van der Waals surface area contributed by atoms with Gasteiger partial charge in [-0.1, -0.05) is 0 Å². The molecule has 0 fully saturated rings. The van der Waals surface area contributed by atoms with Gasteiger partial charge >= 0.3 is 95.6 Å². The molecule has 2 atom stereocenters. The Kier molecular flexibility index (Phi) is 6.97. The first-order valence-corrected chi connectivity index (χ1v) is 6.77. The molecular weight excluding hydrogens is 233 g/mol. The van der Waals surface area contributed by atoms with Crippen LogP contribution in [0.15, 0.2) is 0 Å². The van der Waals surface area contributed by atoms with Crippen LogP contribution in [0, 0.1) is 5.92 Å². The quantitative estimate of drug-likeness (QED) is 0.365. The van der Waals surface area contributed by atoms with E-state index in [-0.39, 0.29) is 6.43 Å². The van der Waals surface area contributed by atoms with E-state index in [0.717, 1.165) is 6.42 Å². The summed E-state index contributed by atoms with van der Waals surface area (Å²) >= 11 is 0. The van der Waals surface area contributed by atoms with Crippen LogP contribution < -0.4 is 5.32 Å². The maximum absolute atomic E-state index is 10.8. The second kappa shape index (κ2) is 7.11. The molecule has 0 saturated carbocycles. The molecule has 0 heterocycles. The third-order valence-corrected chi connectivity index (χ3v) is 3.09. The Morgan fingerprint density at radius 2 is 1.88 bits per heavy atom. The molecule has 0 aliphatic heterocycles. The first-order valence-electron chi connectivity index (χ1n) is 5.06. The Bertz CT molecular complexity index is 306. The summed E-state index contributed by atoms with van der Waals surface area (Å²) in [5.41, 5.74) is 0. The fraction of sp³-hybridized carbons (Fsp3) is 1.00. The van der Waals surface area contributed by atoms with Crippen LogP contribution in [0.5, 0.6) is 0 Å². The summed E-state index contributed by atoms with van der Waals surface area (Å²) in [6, 6.07) is 0. The van der Waals surface area contributed by atoms with Crippen molar-refractivity contribution in [1.82, 2.24) is 5.32 Å². The van der Waals surface area contributed by atoms with E-state index in [1.54, 1.807) is 0 Å². The normalized spacial score (nSPS) is 15.8. The summed E-state index contributed by atoms with van der Waals surface area (Å²) in [7, 11) is -3.94. The van der Waals surface area contributed by atoms with Gasteiger partial charge in [-0.3, -0.25) is 0 Å². The Hall–Kier alpha value is -0.305. The van der Waals surface area contributed by atoms with E-state index < -0.39 is 27.8 Å². The van der Waals surface area contributed by atoms with Crippen LogP contribution in [0.3, 0.4) is 0 Å². The predicted octanol–water partition coefficient (Wildman–Crippen LogP) is -1.32. The summed E-state index contributed by atoms with van der Waals surface area (Å²) < 4.78 is 31.7. The van der Waals surface area contributed by atoms with Crippen molar-refractivity contribution < 1.29 is 23.3 Å². The van der Waals surface area contributed by atoms with Crippen molar-refractivity contribution in [3.05, 3.63) is 0 Å². The third-order valence-electron chi connectivity index (χ3n) is 1.99. The van der Waals surface area contributed by atoms with Crippen LogP contribution in [0.4, 0.5) is 0 Å². The van der Waals surface area contributed by atoms with E-state index >= 15 is 0 Å². The molecule has 6 nitrogen and oxygen atoms in total. The van der Waals surface area contributed by atoms with Crippen molar-refractivity contribution in [3.63, 3.8) is 0 Å². The van der Waals surface area contributed by atoms with Crippen LogP contribution in [0.25, 0.3) is 0 Å². The van der Waals surface area contributed by atoms with Crippen LogP contribution in [0.1, 0.15) is 20.3 Å². The monoisotopic (exact) mass is 251 g/mol. The minimum atomic E-state index is -3.94. The molecule has 2 unspecified atom stereocenters. The van der Waals surface area contributed by atoms with E-state index in [9.17, 15) is 23.3 Å². The van der Waals surface area contributed by atoms with E-state index in [0.29, 0.717) is 12.5 Å². The van der Waals surface area contributed by atoms with E-state index in [2.05, 4.69) is 5.32 Å². The van der Waals surface area contributed by atoms with E-state index in [4.69, 9.17) is 0 Å². The SMILES string of the molecule is CC(C)CCNC(O)C(O)CS(=O)(=O)B=O. The zero-order valence-corrected chi connectivity index (χ0v) is 10.3. The molecule has 3 N–H and O–H groups in total. The number of hydrogen-bond donors (Lipinski definition) is 3. The number of aliphatic hydroxyl groups is 2. The average Bonchev–Trinajstić information content (AvgIpc) is 2.16. The molecule has 8 heteroatoms. The van der Waals surface area contributed by atoms with Crippen molar-refractivity contribution in [3.8, 4) is 0 Å². The number of aliphatic hydroxyl groups excluding tert-OH is 2. The number of rotatable bonds is 8. The molecule has 0 amide bonds. The second-order valence-corrected chi connectivity index (χ2v) is 5.93. The van der Waals surface area contributed by atoms with Crippen LogP contribution in [-0.2, 0) is 14.4 Å². The number of nitrogens with one attached hydrogen (secondary N) is 1. The zero-order chi connectivity index (χ0) is 12.8. The molecule has 0 bridgehead atoms. The molecule has 0 radical (unpaired) electrons. The predicted molar refractivity (Wildman–Crippen MR) is 59.7 cm³/mol. The topological polar surface area (TPSA) is 104 Å². The van der Waals surface area contributed by atoms with Crippen LogP contribution >= 0.6 is 0 Å². The third kappa shape index (κ3) is 7.05. The fourth-order valence-corrected chi connectivity index (χ4v) is 1.76. The summed E-state index contributed by atoms with van der Waals surface area (Å²) in [5, 5.41) is 21.2. The van der Waals surface area contributed by atoms with E-state index in [1.807, 2.05) is 13.8 Å². The molecule has 0 aliphatic rings. The second-order valence-electron chi connectivity index (χ2n) is 4.07. The Labute approximate surface area is 96.1 Å². The van der Waals surface area contributed by atoms with Crippen LogP contribution in [-0.4, -0.2) is 49.7 Å². The number of hydrogen-bond acceptors (Lipinski definition) is 6. The molecule has 0 saturated heterocycles. The van der Waals surface area contributed by atoms with Gasteiger partial charge in [-0.05, 0) is 0 Å². The van der Waals surface area contributed by atoms with Crippen molar-refractivity contribution >= 4 is 16.1 Å². The zero-order valence-electron chi connectivity index (χ0n) is 9.46. The van der Waals surface area contributed by atoms with Gasteiger partial charge in [0.2, 0.25) is 0 Å². The first kappa shape index (κ1) is 15.7. The van der Waals surface area contributed by atoms with Gasteiger partial charge in [0.05, 0.1) is 0 Å². The van der Waals surface area contributed by atoms with Crippen molar-refractivity contribution in [2.75, 3.05) is 12.3 Å². The van der Waals surface area contributed by atoms with Crippen molar-refractivity contribution in [2.24, 2.45) is 5.92 Å². The molecule has 0 aliphatic carbocycles. The van der Waals surface area contributed by atoms with Gasteiger partial charge in [-0.25, -0.2) is 0 Å². The average molecular weight is 251 g/mol. The first-order chi connectivity index (χ1) is 7.28. The molecule has 0 aromatic heterocycles. The van der Waals surface area contributed by atoms with Gasteiger partial charge < -0.3 is 0 Å². The van der Waals surface area contributed by atoms with Gasteiger partial charge in [0, 0.05) is 0 Å². The molecule has 0 rings (SSSR count). The molecule has 0 aromatic rings. The summed E-state index contributed by atoms with van der Waals surface area (Å²) in [4.78, 5) is 0. The minimum absolute atomic E-state index is 0.225. The van der Waals surface area contributed by atoms with Gasteiger partial charge in [0.1, 0.15) is 0 Å². The molecular formula is C8H18BNO5S. The maximum atomic E-state index is 10.8. The summed E-state index contributed by atoms with van der Waals surface area (Å²) in [5.74, 6) is -0.331. The van der Waals surface area contributed by atoms with Crippen LogP contribution in [0.2, 0.25) is 0 Å². The van der Waals surface area contributed by atoms with Gasteiger partial charge in [0.25, 0.3) is 0 Å². The molecule has 94 valence electrons. The summed E-state index contributed by atoms with van der Waals surface area (Å²) in [6.45, 7) is 4.47. The van der Waals surface area contributed by atoms with E-state index in [1.165, 1.54) is 0 Å². The fourth-order valence-electron chi connectivity index (χ4n) is 1.02. The Balaban J connectivity index is 3.99. The van der Waals surface area contributed by atoms with Crippen molar-refractivity contribution in [1.29, 1.82) is 0 Å².